The second-order valence-electron chi connectivity index (χ2n) is 3.67. The summed E-state index contributed by atoms with van der Waals surface area (Å²) < 4.78 is 5.14. The summed E-state index contributed by atoms with van der Waals surface area (Å²) in [5.74, 6) is 0.516. The largest absolute Gasteiger partial charge is 0.497 e. The quantitative estimate of drug-likeness (QED) is 0.726. The highest BCUT2D eigenvalue weighted by atomic mass is 16.5. The van der Waals surface area contributed by atoms with Gasteiger partial charge in [0.05, 0.1) is 13.2 Å². The van der Waals surface area contributed by atoms with Crippen LogP contribution >= 0.6 is 0 Å². The Morgan fingerprint density at radius 2 is 2.33 bits per heavy atom. The van der Waals surface area contributed by atoms with Crippen LogP contribution in [0.5, 0.6) is 5.75 Å². The van der Waals surface area contributed by atoms with Crippen LogP contribution in [0.1, 0.15) is 11.1 Å². The molecule has 1 atom stereocenters. The van der Waals surface area contributed by atoms with Gasteiger partial charge in [-0.2, -0.15) is 0 Å². The molecule has 0 aliphatic carbocycles. The maximum Gasteiger partial charge on any atom is 0.234 e. The van der Waals surface area contributed by atoms with Crippen molar-refractivity contribution in [1.82, 2.24) is 5.32 Å². The molecule has 0 saturated carbocycles. The van der Waals surface area contributed by atoms with Crippen molar-refractivity contribution in [2.24, 2.45) is 5.73 Å². The molecule has 0 fully saturated rings. The summed E-state index contributed by atoms with van der Waals surface area (Å²) in [5.41, 5.74) is 7.60. The minimum absolute atomic E-state index is 0.260. The molecular weight excluding hydrogens is 192 g/mol. The maximum absolute atomic E-state index is 11.0. The van der Waals surface area contributed by atoms with E-state index in [1.807, 2.05) is 18.2 Å². The van der Waals surface area contributed by atoms with Gasteiger partial charge in [0, 0.05) is 6.54 Å². The van der Waals surface area contributed by atoms with E-state index < -0.39 is 0 Å². The van der Waals surface area contributed by atoms with Gasteiger partial charge in [-0.1, -0.05) is 6.07 Å². The Bertz CT molecular complexity index is 390. The Labute approximate surface area is 88.4 Å². The van der Waals surface area contributed by atoms with Crippen molar-refractivity contribution in [2.45, 2.75) is 19.0 Å². The van der Waals surface area contributed by atoms with Gasteiger partial charge in [-0.3, -0.25) is 4.79 Å². The van der Waals surface area contributed by atoms with Crippen molar-refractivity contribution in [3.63, 3.8) is 0 Å². The summed E-state index contributed by atoms with van der Waals surface area (Å²) in [6.07, 6.45) is 0.641. The minimum atomic E-state index is -0.302. The standard InChI is InChI=1S/C11H14N2O2/c1-15-9-3-2-7-6-13-10(11(12)14)5-8(7)4-9/h2-4,10,13H,5-6H2,1H3,(H2,12,14). The molecule has 4 heteroatoms. The summed E-state index contributed by atoms with van der Waals surface area (Å²) in [6, 6.07) is 5.64. The molecule has 15 heavy (non-hydrogen) atoms. The molecule has 0 spiro atoms. The third-order valence-electron chi connectivity index (χ3n) is 2.72. The maximum atomic E-state index is 11.0. The van der Waals surface area contributed by atoms with E-state index in [1.54, 1.807) is 7.11 Å². The Kier molecular flexibility index (Phi) is 2.60. The van der Waals surface area contributed by atoms with Crippen LogP contribution in [0.2, 0.25) is 0 Å². The van der Waals surface area contributed by atoms with Crippen molar-refractivity contribution in [1.29, 1.82) is 0 Å². The Morgan fingerprint density at radius 3 is 3.00 bits per heavy atom. The summed E-state index contributed by atoms with van der Waals surface area (Å²) in [4.78, 5) is 11.0. The zero-order valence-corrected chi connectivity index (χ0v) is 8.62. The minimum Gasteiger partial charge on any atom is -0.497 e. The molecule has 0 radical (unpaired) electrons. The van der Waals surface area contributed by atoms with Gasteiger partial charge in [-0.05, 0) is 29.7 Å². The summed E-state index contributed by atoms with van der Waals surface area (Å²) in [6.45, 7) is 0.687. The van der Waals surface area contributed by atoms with Crippen molar-refractivity contribution in [3.8, 4) is 5.75 Å². The lowest BCUT2D eigenvalue weighted by molar-refractivity contribution is -0.120. The fourth-order valence-electron chi connectivity index (χ4n) is 1.82. The Hall–Kier alpha value is -1.55. The molecule has 0 saturated heterocycles. The molecule has 0 aromatic heterocycles. The smallest absolute Gasteiger partial charge is 0.234 e. The number of fused-ring (bicyclic) bond motifs is 1. The van der Waals surface area contributed by atoms with E-state index in [0.717, 1.165) is 11.3 Å². The fraction of sp³-hybridized carbons (Fsp3) is 0.364. The number of nitrogens with one attached hydrogen (secondary N) is 1. The molecule has 1 aliphatic rings. The van der Waals surface area contributed by atoms with Gasteiger partial charge in [0.15, 0.2) is 0 Å². The van der Waals surface area contributed by atoms with Gasteiger partial charge in [-0.25, -0.2) is 0 Å². The highest BCUT2D eigenvalue weighted by molar-refractivity contribution is 5.80. The van der Waals surface area contributed by atoms with Gasteiger partial charge in [0.2, 0.25) is 5.91 Å². The van der Waals surface area contributed by atoms with E-state index in [-0.39, 0.29) is 11.9 Å². The van der Waals surface area contributed by atoms with Crippen molar-refractivity contribution in [2.75, 3.05) is 7.11 Å². The van der Waals surface area contributed by atoms with Crippen LogP contribution in [0.15, 0.2) is 18.2 Å². The lowest BCUT2D eigenvalue weighted by Gasteiger charge is -2.24. The molecule has 1 aliphatic heterocycles. The zero-order valence-electron chi connectivity index (χ0n) is 8.62. The van der Waals surface area contributed by atoms with Gasteiger partial charge in [0.25, 0.3) is 0 Å². The molecule has 4 nitrogen and oxygen atoms in total. The number of nitrogens with two attached hydrogens (primary N) is 1. The first-order valence-corrected chi connectivity index (χ1v) is 4.89. The summed E-state index contributed by atoms with van der Waals surface area (Å²) in [7, 11) is 1.63. The van der Waals surface area contributed by atoms with E-state index in [1.165, 1.54) is 5.56 Å². The zero-order chi connectivity index (χ0) is 10.8. The SMILES string of the molecule is COc1ccc2c(c1)CC(C(N)=O)NC2. The number of rotatable bonds is 2. The number of hydrogen-bond acceptors (Lipinski definition) is 3. The second-order valence-corrected chi connectivity index (χ2v) is 3.67. The van der Waals surface area contributed by atoms with E-state index in [9.17, 15) is 4.79 Å². The predicted octanol–water partition coefficient (Wildman–Crippen LogP) is 0.195. The number of carbonyl (C=O) groups excluding carboxylic acids is 1. The summed E-state index contributed by atoms with van der Waals surface area (Å²) in [5, 5.41) is 3.10. The van der Waals surface area contributed by atoms with Crippen LogP contribution in [0, 0.1) is 0 Å². The number of amides is 1. The second kappa shape index (κ2) is 3.90. The first-order chi connectivity index (χ1) is 7.20. The Morgan fingerprint density at radius 1 is 1.53 bits per heavy atom. The first kappa shape index (κ1) is 9.98. The molecule has 3 N–H and O–H groups in total. The molecule has 80 valence electrons. The molecule has 1 amide bonds. The van der Waals surface area contributed by atoms with Crippen LogP contribution in [0.3, 0.4) is 0 Å². The number of methoxy groups -OCH3 is 1. The molecule has 1 aromatic rings. The Balaban J connectivity index is 2.27. The first-order valence-electron chi connectivity index (χ1n) is 4.89. The van der Waals surface area contributed by atoms with Crippen LogP contribution < -0.4 is 15.8 Å². The van der Waals surface area contributed by atoms with Crippen molar-refractivity contribution >= 4 is 5.91 Å². The van der Waals surface area contributed by atoms with Crippen LogP contribution in [0.4, 0.5) is 0 Å². The fourth-order valence-corrected chi connectivity index (χ4v) is 1.82. The normalized spacial score (nSPS) is 19.4. The topological polar surface area (TPSA) is 64.3 Å². The molecule has 2 rings (SSSR count). The van der Waals surface area contributed by atoms with Gasteiger partial charge >= 0.3 is 0 Å². The van der Waals surface area contributed by atoms with E-state index >= 15 is 0 Å². The monoisotopic (exact) mass is 206 g/mol. The van der Waals surface area contributed by atoms with E-state index in [4.69, 9.17) is 10.5 Å². The average molecular weight is 206 g/mol. The molecular formula is C11H14N2O2. The number of carbonyl (C=O) groups is 1. The average Bonchev–Trinajstić information content (AvgIpc) is 2.27. The molecule has 1 unspecified atom stereocenters. The lowest BCUT2D eigenvalue weighted by Crippen LogP contribution is -2.45. The third-order valence-corrected chi connectivity index (χ3v) is 2.72. The molecule has 0 bridgehead atoms. The highest BCUT2D eigenvalue weighted by Gasteiger charge is 2.22. The van der Waals surface area contributed by atoms with Crippen LogP contribution in [0.25, 0.3) is 0 Å². The predicted molar refractivity (Wildman–Crippen MR) is 56.5 cm³/mol. The third kappa shape index (κ3) is 1.94. The van der Waals surface area contributed by atoms with Crippen LogP contribution in [-0.4, -0.2) is 19.1 Å². The molecule has 1 aromatic carbocycles. The molecule has 1 heterocycles. The van der Waals surface area contributed by atoms with Crippen molar-refractivity contribution < 1.29 is 9.53 Å². The van der Waals surface area contributed by atoms with Gasteiger partial charge in [-0.15, -0.1) is 0 Å². The van der Waals surface area contributed by atoms with Gasteiger partial charge < -0.3 is 15.8 Å². The van der Waals surface area contributed by atoms with Crippen LogP contribution in [-0.2, 0) is 17.8 Å². The number of primary amides is 1. The lowest BCUT2D eigenvalue weighted by atomic mass is 9.95. The summed E-state index contributed by atoms with van der Waals surface area (Å²) >= 11 is 0. The van der Waals surface area contributed by atoms with Gasteiger partial charge in [0.1, 0.15) is 5.75 Å². The number of hydrogen-bond donors (Lipinski definition) is 2. The highest BCUT2D eigenvalue weighted by Crippen LogP contribution is 2.22. The number of benzene rings is 1. The van der Waals surface area contributed by atoms with E-state index in [0.29, 0.717) is 13.0 Å². The van der Waals surface area contributed by atoms with E-state index in [2.05, 4.69) is 5.32 Å². The number of ether oxygens (including phenoxy) is 1. The van der Waals surface area contributed by atoms with Crippen molar-refractivity contribution in [3.05, 3.63) is 29.3 Å².